The summed E-state index contributed by atoms with van der Waals surface area (Å²) in [5.74, 6) is 1.33. The van der Waals surface area contributed by atoms with Gasteiger partial charge in [-0.25, -0.2) is 23.5 Å². The lowest BCUT2D eigenvalue weighted by atomic mass is 10.0. The fraction of sp³-hybridized carbons (Fsp3) is 0.269. The molecule has 4 heterocycles. The van der Waals surface area contributed by atoms with Gasteiger partial charge in [-0.05, 0) is 37.3 Å². The number of aromatic amines is 1. The van der Waals surface area contributed by atoms with Gasteiger partial charge in [0.05, 0.1) is 23.6 Å². The Morgan fingerprint density at radius 3 is 2.42 bits per heavy atom. The number of anilines is 2. The van der Waals surface area contributed by atoms with E-state index in [0.29, 0.717) is 53.3 Å². The number of carbonyl (C=O) groups excluding carboxylic acids is 1. The summed E-state index contributed by atoms with van der Waals surface area (Å²) in [4.78, 5) is 28.0. The molecule has 4 aromatic rings. The van der Waals surface area contributed by atoms with Gasteiger partial charge >= 0.3 is 6.03 Å². The number of urea groups is 1. The van der Waals surface area contributed by atoms with E-state index in [2.05, 4.69) is 25.2 Å². The van der Waals surface area contributed by atoms with Gasteiger partial charge in [-0.15, -0.1) is 0 Å². The predicted molar refractivity (Wildman–Crippen MR) is 131 cm³/mol. The van der Waals surface area contributed by atoms with Crippen molar-refractivity contribution < 1.29 is 18.3 Å². The number of ether oxygens (including phenoxy) is 1. The molecule has 0 bridgehead atoms. The SMILES string of the molecule is Cc1ncc(Oc2ccc(N3C[C@H]4CN(C(=O)Nc5c[nH]c6c(F)cc(F)cc56)C[C@H]4C3)cc2)cn1. The fourth-order valence-electron chi connectivity index (χ4n) is 5.12. The summed E-state index contributed by atoms with van der Waals surface area (Å²) < 4.78 is 33.4. The molecule has 2 N–H and O–H groups in total. The van der Waals surface area contributed by atoms with E-state index in [1.807, 2.05) is 31.2 Å². The van der Waals surface area contributed by atoms with E-state index in [-0.39, 0.29) is 11.5 Å². The minimum absolute atomic E-state index is 0.171. The third-order valence-electron chi connectivity index (χ3n) is 6.92. The van der Waals surface area contributed by atoms with E-state index >= 15 is 0 Å². The summed E-state index contributed by atoms with van der Waals surface area (Å²) >= 11 is 0. The van der Waals surface area contributed by atoms with Crippen LogP contribution in [0.3, 0.4) is 0 Å². The molecule has 8 nitrogen and oxygen atoms in total. The number of rotatable bonds is 4. The Morgan fingerprint density at radius 1 is 1.03 bits per heavy atom. The maximum atomic E-state index is 14.0. The van der Waals surface area contributed by atoms with E-state index in [9.17, 15) is 13.6 Å². The summed E-state index contributed by atoms with van der Waals surface area (Å²) in [6, 6.07) is 9.69. The molecule has 0 unspecified atom stereocenters. The molecule has 36 heavy (non-hydrogen) atoms. The number of benzene rings is 2. The van der Waals surface area contributed by atoms with Crippen LogP contribution in [-0.2, 0) is 0 Å². The zero-order valence-corrected chi connectivity index (χ0v) is 19.5. The van der Waals surface area contributed by atoms with Crippen molar-refractivity contribution in [3.63, 3.8) is 0 Å². The molecule has 0 aliphatic carbocycles. The Bertz CT molecular complexity index is 1410. The van der Waals surface area contributed by atoms with Gasteiger partial charge in [-0.3, -0.25) is 0 Å². The van der Waals surface area contributed by atoms with Crippen molar-refractivity contribution in [1.82, 2.24) is 19.9 Å². The first-order chi connectivity index (χ1) is 17.4. The quantitative estimate of drug-likeness (QED) is 0.423. The number of carbonyl (C=O) groups is 1. The summed E-state index contributed by atoms with van der Waals surface area (Å²) in [5.41, 5.74) is 1.64. The van der Waals surface area contributed by atoms with Gasteiger partial charge in [0.2, 0.25) is 0 Å². The first kappa shape index (κ1) is 22.3. The van der Waals surface area contributed by atoms with Crippen LogP contribution in [0.25, 0.3) is 10.9 Å². The zero-order chi connectivity index (χ0) is 24.8. The summed E-state index contributed by atoms with van der Waals surface area (Å²) in [6.45, 7) is 4.79. The number of halogens is 2. The van der Waals surface area contributed by atoms with Crippen molar-refractivity contribution in [2.75, 3.05) is 36.4 Å². The van der Waals surface area contributed by atoms with Gasteiger partial charge < -0.3 is 24.8 Å². The van der Waals surface area contributed by atoms with Gasteiger partial charge in [0.1, 0.15) is 23.2 Å². The lowest BCUT2D eigenvalue weighted by Crippen LogP contribution is -2.36. The van der Waals surface area contributed by atoms with Crippen LogP contribution >= 0.6 is 0 Å². The van der Waals surface area contributed by atoms with Crippen LogP contribution in [0.5, 0.6) is 11.5 Å². The van der Waals surface area contributed by atoms with Crippen LogP contribution in [0, 0.1) is 30.4 Å². The molecule has 0 spiro atoms. The molecule has 2 aromatic heterocycles. The Kier molecular flexibility index (Phi) is 5.43. The number of fused-ring (bicyclic) bond motifs is 2. The van der Waals surface area contributed by atoms with Crippen LogP contribution in [-0.4, -0.2) is 52.1 Å². The third kappa shape index (κ3) is 4.19. The standard InChI is InChI=1S/C26H24F2N6O2/c1-15-29-8-21(9-30-15)36-20-4-2-19(3-5-20)33-11-16-13-34(14-17(16)12-33)26(35)32-24-10-31-25-22(24)6-18(27)7-23(25)28/h2-10,16-17,31H,11-14H2,1H3,(H,32,35)/t16-,17+. The lowest BCUT2D eigenvalue weighted by molar-refractivity contribution is 0.219. The van der Waals surface area contributed by atoms with Gasteiger partial charge in [0.15, 0.2) is 5.75 Å². The molecule has 0 saturated carbocycles. The van der Waals surface area contributed by atoms with Crippen LogP contribution in [0.15, 0.2) is 55.0 Å². The molecule has 0 radical (unpaired) electrons. The van der Waals surface area contributed by atoms with Crippen LogP contribution < -0.4 is 15.0 Å². The molecule has 2 atom stereocenters. The zero-order valence-electron chi connectivity index (χ0n) is 19.5. The highest BCUT2D eigenvalue weighted by Gasteiger charge is 2.41. The second-order valence-corrected chi connectivity index (χ2v) is 9.33. The smallest absolute Gasteiger partial charge is 0.321 e. The van der Waals surface area contributed by atoms with Crippen molar-refractivity contribution >= 4 is 28.3 Å². The molecule has 2 aliphatic rings. The van der Waals surface area contributed by atoms with Crippen molar-refractivity contribution in [2.45, 2.75) is 6.92 Å². The van der Waals surface area contributed by atoms with Gasteiger partial charge in [0, 0.05) is 61.4 Å². The minimum atomic E-state index is -0.690. The molecular weight excluding hydrogens is 466 g/mol. The maximum absolute atomic E-state index is 14.0. The van der Waals surface area contributed by atoms with Gasteiger partial charge in [-0.1, -0.05) is 0 Å². The normalized spacial score (nSPS) is 19.1. The van der Waals surface area contributed by atoms with Crippen LogP contribution in [0.1, 0.15) is 5.82 Å². The second kappa shape index (κ2) is 8.78. The van der Waals surface area contributed by atoms with E-state index in [0.717, 1.165) is 24.8 Å². The van der Waals surface area contributed by atoms with E-state index in [1.54, 1.807) is 17.3 Å². The Hall–Kier alpha value is -4.21. The molecule has 10 heteroatoms. The number of nitrogens with one attached hydrogen (secondary N) is 2. The molecule has 184 valence electrons. The molecule has 6 rings (SSSR count). The van der Waals surface area contributed by atoms with Gasteiger partial charge in [-0.2, -0.15) is 0 Å². The second-order valence-electron chi connectivity index (χ2n) is 9.33. The summed E-state index contributed by atoms with van der Waals surface area (Å²) in [6.07, 6.45) is 4.78. The highest BCUT2D eigenvalue weighted by Crippen LogP contribution is 2.35. The fourth-order valence-corrected chi connectivity index (χ4v) is 5.12. The molecule has 2 aliphatic heterocycles. The summed E-state index contributed by atoms with van der Waals surface area (Å²) in [5, 5.41) is 3.12. The third-order valence-corrected chi connectivity index (χ3v) is 6.92. The molecular formula is C26H24F2N6O2. The van der Waals surface area contributed by atoms with E-state index in [1.165, 1.54) is 12.3 Å². The van der Waals surface area contributed by atoms with Crippen molar-refractivity contribution in [3.05, 3.63) is 72.4 Å². The Morgan fingerprint density at radius 2 is 1.72 bits per heavy atom. The number of aryl methyl sites for hydroxylation is 1. The average Bonchev–Trinajstić information content (AvgIpc) is 3.55. The number of likely N-dealkylation sites (tertiary alicyclic amines) is 1. The minimum Gasteiger partial charge on any atom is -0.454 e. The molecule has 2 fully saturated rings. The van der Waals surface area contributed by atoms with Crippen molar-refractivity contribution in [1.29, 1.82) is 0 Å². The number of hydrogen-bond donors (Lipinski definition) is 2. The van der Waals surface area contributed by atoms with Crippen molar-refractivity contribution in [2.24, 2.45) is 11.8 Å². The van der Waals surface area contributed by atoms with Crippen molar-refractivity contribution in [3.8, 4) is 11.5 Å². The first-order valence-corrected chi connectivity index (χ1v) is 11.8. The number of nitrogens with zero attached hydrogens (tertiary/aromatic N) is 4. The average molecular weight is 491 g/mol. The van der Waals surface area contributed by atoms with Gasteiger partial charge in [0.25, 0.3) is 0 Å². The number of H-pyrrole nitrogens is 1. The summed E-state index contributed by atoms with van der Waals surface area (Å²) in [7, 11) is 0. The predicted octanol–water partition coefficient (Wildman–Crippen LogP) is 4.94. The Balaban J connectivity index is 1.06. The highest BCUT2D eigenvalue weighted by molar-refractivity contribution is 6.01. The number of amides is 2. The molecule has 2 aromatic carbocycles. The van der Waals surface area contributed by atoms with E-state index in [4.69, 9.17) is 4.74 Å². The first-order valence-electron chi connectivity index (χ1n) is 11.8. The topological polar surface area (TPSA) is 86.4 Å². The van der Waals surface area contributed by atoms with Crippen LogP contribution in [0.2, 0.25) is 0 Å². The maximum Gasteiger partial charge on any atom is 0.321 e. The van der Waals surface area contributed by atoms with Crippen LogP contribution in [0.4, 0.5) is 25.0 Å². The lowest BCUT2D eigenvalue weighted by Gasteiger charge is -2.23. The monoisotopic (exact) mass is 490 g/mol. The molecule has 2 saturated heterocycles. The molecule has 2 amide bonds. The highest BCUT2D eigenvalue weighted by atomic mass is 19.1. The number of aromatic nitrogens is 3. The Labute approximate surface area is 205 Å². The largest absolute Gasteiger partial charge is 0.454 e. The number of hydrogen-bond acceptors (Lipinski definition) is 5. The van der Waals surface area contributed by atoms with E-state index < -0.39 is 11.6 Å².